The molecule has 0 radical (unpaired) electrons. The molecule has 4 aromatic rings. The average Bonchev–Trinajstić information content (AvgIpc) is 3.07. The molecule has 9 heteroatoms. The molecule has 0 aromatic heterocycles. The lowest BCUT2D eigenvalue weighted by molar-refractivity contribution is -0.670. The second-order valence-corrected chi connectivity index (χ2v) is 11.2. The number of Topliss-reactive ketones (excluding diaryl/α,β-unsaturated/α-hetero) is 2. The molecule has 0 saturated carbocycles. The highest BCUT2D eigenvalue weighted by molar-refractivity contribution is 6.30. The van der Waals surface area contributed by atoms with E-state index >= 15 is 0 Å². The van der Waals surface area contributed by atoms with Crippen LogP contribution in [0.3, 0.4) is 0 Å². The molecule has 1 saturated heterocycles. The Labute approximate surface area is 262 Å². The second kappa shape index (κ2) is 14.3. The molecule has 0 bridgehead atoms. The molecule has 1 fully saturated rings. The number of carbonyl (C=O) groups excluding carboxylic acids is 2. The maximum Gasteiger partial charge on any atom is 0.211 e. The SMILES string of the molecule is NC1=C(NCCc2ccc(N3CCN(Cc4ccccc4-c4ccc(Cl)cc4)CC3)cc2)C(=O)c2ccccc2C1=O.[NH3+]O. The van der Waals surface area contributed by atoms with Crippen molar-refractivity contribution < 1.29 is 20.7 Å². The van der Waals surface area contributed by atoms with Gasteiger partial charge in [0, 0.05) is 61.1 Å². The van der Waals surface area contributed by atoms with Crippen molar-refractivity contribution in [2.75, 3.05) is 37.6 Å². The lowest BCUT2D eigenvalue weighted by Gasteiger charge is -2.36. The molecule has 0 unspecified atom stereocenters. The second-order valence-electron chi connectivity index (χ2n) is 10.8. The minimum Gasteiger partial charge on any atom is -0.394 e. The van der Waals surface area contributed by atoms with Gasteiger partial charge in [-0.25, -0.2) is 11.1 Å². The molecule has 0 atom stereocenters. The zero-order valence-electron chi connectivity index (χ0n) is 24.5. The van der Waals surface area contributed by atoms with Crippen LogP contribution in [0.2, 0.25) is 5.02 Å². The molecular formula is C35H37ClN5O3+. The van der Waals surface area contributed by atoms with Crippen LogP contribution in [0.5, 0.6) is 0 Å². The number of rotatable bonds is 8. The van der Waals surface area contributed by atoms with Gasteiger partial charge in [-0.3, -0.25) is 14.5 Å². The van der Waals surface area contributed by atoms with Gasteiger partial charge >= 0.3 is 0 Å². The Morgan fingerprint density at radius 1 is 0.750 bits per heavy atom. The lowest BCUT2D eigenvalue weighted by atomic mass is 9.90. The predicted molar refractivity (Wildman–Crippen MR) is 174 cm³/mol. The zero-order valence-corrected chi connectivity index (χ0v) is 25.3. The molecular weight excluding hydrogens is 574 g/mol. The Kier molecular flexibility index (Phi) is 10.1. The van der Waals surface area contributed by atoms with Gasteiger partial charge in [0.05, 0.1) is 0 Å². The Hall–Kier alpha value is -4.47. The van der Waals surface area contributed by atoms with Gasteiger partial charge < -0.3 is 16.0 Å². The van der Waals surface area contributed by atoms with E-state index in [0.29, 0.717) is 24.1 Å². The number of hydrogen-bond acceptors (Lipinski definition) is 7. The van der Waals surface area contributed by atoms with Crippen LogP contribution in [-0.4, -0.2) is 54.4 Å². The van der Waals surface area contributed by atoms with Crippen LogP contribution in [0.15, 0.2) is 108 Å². The maximum atomic E-state index is 12.9. The van der Waals surface area contributed by atoms with Crippen molar-refractivity contribution in [3.05, 3.63) is 136 Å². The third-order valence-corrected chi connectivity index (χ3v) is 8.37. The topological polar surface area (TPSA) is 127 Å². The highest BCUT2D eigenvalue weighted by atomic mass is 35.5. The Morgan fingerprint density at radius 3 is 2.00 bits per heavy atom. The van der Waals surface area contributed by atoms with Crippen LogP contribution in [0, 0.1) is 0 Å². The fourth-order valence-electron chi connectivity index (χ4n) is 5.75. The number of hydrogen-bond donors (Lipinski definition) is 4. The van der Waals surface area contributed by atoms with Crippen molar-refractivity contribution in [2.45, 2.75) is 13.0 Å². The zero-order chi connectivity index (χ0) is 31.1. The lowest BCUT2D eigenvalue weighted by Crippen LogP contribution is -2.46. The van der Waals surface area contributed by atoms with E-state index in [1.165, 1.54) is 22.4 Å². The van der Waals surface area contributed by atoms with Gasteiger partial charge in [-0.1, -0.05) is 84.4 Å². The number of benzene rings is 4. The smallest absolute Gasteiger partial charge is 0.211 e. The summed E-state index contributed by atoms with van der Waals surface area (Å²) in [6.07, 6.45) is 0.709. The van der Waals surface area contributed by atoms with Crippen molar-refractivity contribution in [1.29, 1.82) is 0 Å². The number of carbonyl (C=O) groups is 2. The van der Waals surface area contributed by atoms with Crippen molar-refractivity contribution in [3.8, 4) is 11.1 Å². The normalized spacial score (nSPS) is 15.0. The van der Waals surface area contributed by atoms with Gasteiger partial charge in [0.25, 0.3) is 0 Å². The highest BCUT2D eigenvalue weighted by Crippen LogP contribution is 2.27. The standard InChI is InChI=1S/C35H33ClN4O2.H4NO/c36-27-13-11-25(12-14-27)29-6-2-1-5-26(29)23-39-19-21-40(22-20-39)28-15-9-24(10-16-28)17-18-38-33-32(37)34(41)30-7-3-4-8-31(30)35(33)42;1-2/h1-16,38H,17-23,37H2;2H,1H3/q;+1. The molecule has 4 aromatic carbocycles. The van der Waals surface area contributed by atoms with Gasteiger partial charge in [0.1, 0.15) is 11.4 Å². The van der Waals surface area contributed by atoms with Crippen LogP contribution >= 0.6 is 11.6 Å². The minimum absolute atomic E-state index is 0.0124. The first-order chi connectivity index (χ1) is 21.5. The third-order valence-electron chi connectivity index (χ3n) is 8.11. The molecule has 1 aliphatic heterocycles. The average molecular weight is 611 g/mol. The molecule has 2 aliphatic rings. The molecule has 0 amide bonds. The first-order valence-corrected chi connectivity index (χ1v) is 15.0. The van der Waals surface area contributed by atoms with Crippen LogP contribution in [-0.2, 0) is 13.0 Å². The highest BCUT2D eigenvalue weighted by Gasteiger charge is 2.30. The molecule has 226 valence electrons. The maximum absolute atomic E-state index is 12.9. The van der Waals surface area contributed by atoms with Gasteiger partial charge in [-0.2, -0.15) is 0 Å². The number of piperazine rings is 1. The number of quaternary nitrogens is 1. The fraction of sp³-hybridized carbons (Fsp3) is 0.200. The van der Waals surface area contributed by atoms with E-state index < -0.39 is 0 Å². The summed E-state index contributed by atoms with van der Waals surface area (Å²) in [7, 11) is 0. The van der Waals surface area contributed by atoms with E-state index in [9.17, 15) is 9.59 Å². The fourth-order valence-corrected chi connectivity index (χ4v) is 5.88. The summed E-state index contributed by atoms with van der Waals surface area (Å²) in [5, 5.41) is 10.6. The van der Waals surface area contributed by atoms with E-state index in [0.717, 1.165) is 43.3 Å². The van der Waals surface area contributed by atoms with Crippen molar-refractivity contribution in [2.24, 2.45) is 5.73 Å². The summed E-state index contributed by atoms with van der Waals surface area (Å²) >= 11 is 6.10. The van der Waals surface area contributed by atoms with E-state index in [1.807, 2.05) is 12.1 Å². The summed E-state index contributed by atoms with van der Waals surface area (Å²) in [6.45, 7) is 5.34. The van der Waals surface area contributed by atoms with E-state index in [-0.39, 0.29) is 23.0 Å². The Balaban J connectivity index is 0.00000188. The van der Waals surface area contributed by atoms with Crippen LogP contribution < -0.4 is 21.8 Å². The van der Waals surface area contributed by atoms with Gasteiger partial charge in [0.15, 0.2) is 0 Å². The number of ketones is 2. The molecule has 1 aliphatic carbocycles. The van der Waals surface area contributed by atoms with Crippen molar-refractivity contribution in [1.82, 2.24) is 10.2 Å². The molecule has 6 rings (SSSR count). The number of fused-ring (bicyclic) bond motifs is 1. The van der Waals surface area contributed by atoms with Gasteiger partial charge in [0.2, 0.25) is 11.6 Å². The summed E-state index contributed by atoms with van der Waals surface area (Å²) in [6, 6.07) is 32.1. The van der Waals surface area contributed by atoms with E-state index in [1.54, 1.807) is 24.3 Å². The monoisotopic (exact) mass is 610 g/mol. The Morgan fingerprint density at radius 2 is 1.34 bits per heavy atom. The molecule has 7 N–H and O–H groups in total. The number of nitrogens with one attached hydrogen (secondary N) is 1. The molecule has 0 spiro atoms. The molecule has 44 heavy (non-hydrogen) atoms. The van der Waals surface area contributed by atoms with E-state index in [2.05, 4.69) is 81.7 Å². The molecule has 8 nitrogen and oxygen atoms in total. The quantitative estimate of drug-likeness (QED) is 0.219. The van der Waals surface area contributed by atoms with Crippen LogP contribution in [0.4, 0.5) is 5.69 Å². The minimum atomic E-state index is -0.303. The van der Waals surface area contributed by atoms with Gasteiger partial charge in [-0.15, -0.1) is 0 Å². The first kappa shape index (κ1) is 31.0. The molecule has 1 heterocycles. The number of anilines is 1. The summed E-state index contributed by atoms with van der Waals surface area (Å²) < 4.78 is 0. The summed E-state index contributed by atoms with van der Waals surface area (Å²) in [5.74, 6) is 1.72. The first-order valence-electron chi connectivity index (χ1n) is 14.6. The summed E-state index contributed by atoms with van der Waals surface area (Å²) in [4.78, 5) is 30.4. The van der Waals surface area contributed by atoms with Crippen molar-refractivity contribution in [3.63, 3.8) is 0 Å². The number of halogens is 1. The van der Waals surface area contributed by atoms with Crippen LogP contribution in [0.1, 0.15) is 31.8 Å². The predicted octanol–water partition coefficient (Wildman–Crippen LogP) is 4.33. The van der Waals surface area contributed by atoms with E-state index in [4.69, 9.17) is 22.5 Å². The third kappa shape index (κ3) is 6.85. The Bertz CT molecular complexity index is 1650. The summed E-state index contributed by atoms with van der Waals surface area (Å²) in [5.41, 5.74) is 13.1. The van der Waals surface area contributed by atoms with Gasteiger partial charge in [-0.05, 0) is 52.9 Å². The number of allylic oxidation sites excluding steroid dienone is 2. The number of nitrogens with zero attached hydrogens (tertiary/aromatic N) is 2. The van der Waals surface area contributed by atoms with Crippen molar-refractivity contribution >= 4 is 28.9 Å². The number of nitrogens with two attached hydrogens (primary N) is 1. The largest absolute Gasteiger partial charge is 0.394 e. The van der Waals surface area contributed by atoms with Crippen LogP contribution in [0.25, 0.3) is 11.1 Å².